The van der Waals surface area contributed by atoms with Crippen molar-refractivity contribution >= 4 is 29.2 Å². The van der Waals surface area contributed by atoms with Crippen molar-refractivity contribution in [1.82, 2.24) is 10.2 Å². The standard InChI is InChI=1S/C21H24ClN3O4/c1-24(2)18(14-4-7-16(28-3)8-5-14)11-23-20(26)12-25-13-21(27)29-19-9-6-15(22)10-17(19)25/h4-10,18H,11-13H2,1-3H3,(H,23,26). The molecule has 1 heterocycles. The van der Waals surface area contributed by atoms with Crippen LogP contribution in [-0.2, 0) is 9.59 Å². The predicted octanol–water partition coefficient (Wildman–Crippen LogP) is 2.49. The number of halogens is 1. The largest absolute Gasteiger partial charge is 0.497 e. The number of fused-ring (bicyclic) bond motifs is 1. The molecule has 2 aromatic carbocycles. The number of hydrogen-bond acceptors (Lipinski definition) is 6. The third-order valence-corrected chi connectivity index (χ3v) is 4.99. The second-order valence-electron chi connectivity index (χ2n) is 7.00. The number of nitrogens with one attached hydrogen (secondary N) is 1. The Morgan fingerprint density at radius 3 is 2.66 bits per heavy atom. The summed E-state index contributed by atoms with van der Waals surface area (Å²) >= 11 is 6.06. The molecule has 7 nitrogen and oxygen atoms in total. The number of carbonyl (C=O) groups is 2. The lowest BCUT2D eigenvalue weighted by atomic mass is 10.1. The highest BCUT2D eigenvalue weighted by Gasteiger charge is 2.26. The van der Waals surface area contributed by atoms with E-state index in [1.165, 1.54) is 0 Å². The molecular formula is C21H24ClN3O4. The monoisotopic (exact) mass is 417 g/mol. The molecule has 0 saturated carbocycles. The Hall–Kier alpha value is -2.77. The molecule has 1 unspecified atom stereocenters. The summed E-state index contributed by atoms with van der Waals surface area (Å²) in [4.78, 5) is 28.1. The minimum atomic E-state index is -0.406. The van der Waals surface area contributed by atoms with Gasteiger partial charge in [0.1, 0.15) is 12.3 Å². The van der Waals surface area contributed by atoms with Gasteiger partial charge in [0.05, 0.1) is 25.4 Å². The molecule has 0 bridgehead atoms. The van der Waals surface area contributed by atoms with Crippen LogP contribution in [0.2, 0.25) is 5.02 Å². The van der Waals surface area contributed by atoms with E-state index in [9.17, 15) is 9.59 Å². The summed E-state index contributed by atoms with van der Waals surface area (Å²) in [5, 5.41) is 3.47. The molecule has 3 rings (SSSR count). The normalized spacial score (nSPS) is 14.2. The van der Waals surface area contributed by atoms with Crippen molar-refractivity contribution < 1.29 is 19.1 Å². The fourth-order valence-corrected chi connectivity index (χ4v) is 3.39. The van der Waals surface area contributed by atoms with Crippen molar-refractivity contribution in [2.45, 2.75) is 6.04 Å². The molecular weight excluding hydrogens is 394 g/mol. The fourth-order valence-electron chi connectivity index (χ4n) is 3.23. The fraction of sp³-hybridized carbons (Fsp3) is 0.333. The lowest BCUT2D eigenvalue weighted by Crippen LogP contribution is -2.45. The van der Waals surface area contributed by atoms with E-state index in [2.05, 4.69) is 5.32 Å². The number of rotatable bonds is 7. The zero-order valence-corrected chi connectivity index (χ0v) is 17.4. The quantitative estimate of drug-likeness (QED) is 0.551. The lowest BCUT2D eigenvalue weighted by molar-refractivity contribution is -0.133. The molecule has 29 heavy (non-hydrogen) atoms. The van der Waals surface area contributed by atoms with E-state index < -0.39 is 5.97 Å². The number of anilines is 1. The third-order valence-electron chi connectivity index (χ3n) is 4.76. The van der Waals surface area contributed by atoms with Gasteiger partial charge in [-0.2, -0.15) is 0 Å². The number of ether oxygens (including phenoxy) is 2. The molecule has 2 aromatic rings. The van der Waals surface area contributed by atoms with E-state index in [0.717, 1.165) is 11.3 Å². The van der Waals surface area contributed by atoms with Crippen LogP contribution in [0.15, 0.2) is 42.5 Å². The van der Waals surface area contributed by atoms with Crippen molar-refractivity contribution in [2.24, 2.45) is 0 Å². The van der Waals surface area contributed by atoms with Gasteiger partial charge < -0.3 is 24.6 Å². The maximum absolute atomic E-state index is 12.6. The van der Waals surface area contributed by atoms with Gasteiger partial charge in [0.25, 0.3) is 0 Å². The molecule has 1 amide bonds. The molecule has 0 saturated heterocycles. The number of amides is 1. The van der Waals surface area contributed by atoms with E-state index in [-0.39, 0.29) is 25.0 Å². The van der Waals surface area contributed by atoms with Crippen LogP contribution >= 0.6 is 11.6 Å². The summed E-state index contributed by atoms with van der Waals surface area (Å²) in [5.41, 5.74) is 1.70. The molecule has 1 N–H and O–H groups in total. The predicted molar refractivity (Wildman–Crippen MR) is 112 cm³/mol. The Kier molecular flexibility index (Phi) is 6.61. The minimum absolute atomic E-state index is 0.00194. The molecule has 8 heteroatoms. The minimum Gasteiger partial charge on any atom is -0.497 e. The Balaban J connectivity index is 1.65. The molecule has 1 atom stereocenters. The first-order valence-corrected chi connectivity index (χ1v) is 9.57. The Morgan fingerprint density at radius 1 is 1.28 bits per heavy atom. The van der Waals surface area contributed by atoms with E-state index in [4.69, 9.17) is 21.1 Å². The second kappa shape index (κ2) is 9.15. The van der Waals surface area contributed by atoms with Gasteiger partial charge in [-0.3, -0.25) is 4.79 Å². The zero-order chi connectivity index (χ0) is 21.0. The van der Waals surface area contributed by atoms with Crippen LogP contribution in [0.1, 0.15) is 11.6 Å². The first kappa shape index (κ1) is 21.0. The maximum atomic E-state index is 12.6. The Labute approximate surface area is 175 Å². The van der Waals surface area contributed by atoms with Crippen LogP contribution in [0, 0.1) is 0 Å². The highest BCUT2D eigenvalue weighted by molar-refractivity contribution is 6.31. The summed E-state index contributed by atoms with van der Waals surface area (Å²) in [6.45, 7) is 0.459. The third kappa shape index (κ3) is 5.19. The van der Waals surface area contributed by atoms with Crippen molar-refractivity contribution in [1.29, 1.82) is 0 Å². The van der Waals surface area contributed by atoms with E-state index >= 15 is 0 Å². The van der Waals surface area contributed by atoms with Crippen molar-refractivity contribution in [3.8, 4) is 11.5 Å². The van der Waals surface area contributed by atoms with Gasteiger partial charge >= 0.3 is 5.97 Å². The highest BCUT2D eigenvalue weighted by atomic mass is 35.5. The molecule has 154 valence electrons. The van der Waals surface area contributed by atoms with Crippen LogP contribution in [0.25, 0.3) is 0 Å². The van der Waals surface area contributed by atoms with E-state index in [1.54, 1.807) is 30.2 Å². The van der Waals surface area contributed by atoms with Crippen LogP contribution in [0.4, 0.5) is 5.69 Å². The number of benzene rings is 2. The summed E-state index contributed by atoms with van der Waals surface area (Å²) < 4.78 is 10.4. The molecule has 0 spiro atoms. The Morgan fingerprint density at radius 2 is 2.00 bits per heavy atom. The smallest absolute Gasteiger partial charge is 0.331 e. The van der Waals surface area contributed by atoms with Crippen LogP contribution in [0.5, 0.6) is 11.5 Å². The number of esters is 1. The highest BCUT2D eigenvalue weighted by Crippen LogP contribution is 2.34. The number of hydrogen-bond donors (Lipinski definition) is 1. The van der Waals surface area contributed by atoms with Gasteiger partial charge in [0.15, 0.2) is 5.75 Å². The van der Waals surface area contributed by atoms with Gasteiger partial charge in [0.2, 0.25) is 5.91 Å². The summed E-state index contributed by atoms with van der Waals surface area (Å²) in [5.74, 6) is 0.593. The Bertz CT molecular complexity index is 886. The van der Waals surface area contributed by atoms with Crippen molar-refractivity contribution in [2.75, 3.05) is 45.7 Å². The molecule has 0 aromatic heterocycles. The van der Waals surface area contributed by atoms with E-state index in [0.29, 0.717) is 23.0 Å². The summed E-state index contributed by atoms with van der Waals surface area (Å²) in [7, 11) is 5.54. The topological polar surface area (TPSA) is 71.1 Å². The van der Waals surface area contributed by atoms with Gasteiger partial charge in [-0.1, -0.05) is 23.7 Å². The molecule has 0 radical (unpaired) electrons. The van der Waals surface area contributed by atoms with Crippen molar-refractivity contribution in [3.63, 3.8) is 0 Å². The number of carbonyl (C=O) groups excluding carboxylic acids is 2. The second-order valence-corrected chi connectivity index (χ2v) is 7.44. The first-order chi connectivity index (χ1) is 13.9. The average Bonchev–Trinajstić information content (AvgIpc) is 2.69. The van der Waals surface area contributed by atoms with Gasteiger partial charge in [-0.05, 0) is 50.0 Å². The molecule has 1 aliphatic rings. The molecule has 0 aliphatic carbocycles. The lowest BCUT2D eigenvalue weighted by Gasteiger charge is -2.30. The van der Waals surface area contributed by atoms with Gasteiger partial charge in [-0.25, -0.2) is 4.79 Å². The summed E-state index contributed by atoms with van der Waals surface area (Å²) in [6, 6.07) is 12.7. The average molecular weight is 418 g/mol. The molecule has 1 aliphatic heterocycles. The number of methoxy groups -OCH3 is 1. The van der Waals surface area contributed by atoms with Crippen molar-refractivity contribution in [3.05, 3.63) is 53.1 Å². The first-order valence-electron chi connectivity index (χ1n) is 9.19. The SMILES string of the molecule is COc1ccc(C(CNC(=O)CN2CC(=O)Oc3ccc(Cl)cc32)N(C)C)cc1. The number of likely N-dealkylation sites (N-methyl/N-ethyl adjacent to an activating group) is 1. The van der Waals surface area contributed by atoms with Gasteiger partial charge in [0, 0.05) is 11.6 Å². The zero-order valence-electron chi connectivity index (χ0n) is 16.6. The van der Waals surface area contributed by atoms with Crippen LogP contribution < -0.4 is 19.7 Å². The summed E-state index contributed by atoms with van der Waals surface area (Å²) in [6.07, 6.45) is 0. The van der Waals surface area contributed by atoms with Gasteiger partial charge in [-0.15, -0.1) is 0 Å². The number of nitrogens with zero attached hydrogens (tertiary/aromatic N) is 2. The van der Waals surface area contributed by atoms with Crippen LogP contribution in [0.3, 0.4) is 0 Å². The van der Waals surface area contributed by atoms with E-state index in [1.807, 2.05) is 43.3 Å². The molecule has 0 fully saturated rings. The maximum Gasteiger partial charge on any atom is 0.331 e. The van der Waals surface area contributed by atoms with Crippen LogP contribution in [-0.4, -0.2) is 57.6 Å².